The average molecular weight is 177 g/mol. The van der Waals surface area contributed by atoms with E-state index in [1.807, 2.05) is 30.3 Å². The van der Waals surface area contributed by atoms with Gasteiger partial charge in [-0.15, -0.1) is 0 Å². The summed E-state index contributed by atoms with van der Waals surface area (Å²) in [5.74, 6) is -0.951. The summed E-state index contributed by atoms with van der Waals surface area (Å²) in [6.07, 6.45) is 1.15. The summed E-state index contributed by atoms with van der Waals surface area (Å²) in [5, 5.41) is 11.4. The first-order valence-corrected chi connectivity index (χ1v) is 3.92. The number of rotatable bonds is 3. The number of aliphatic carboxylic acids is 1. The first-order chi connectivity index (χ1) is 6.24. The van der Waals surface area contributed by atoms with Crippen LogP contribution in [-0.4, -0.2) is 18.1 Å². The third-order valence-corrected chi connectivity index (χ3v) is 1.62. The summed E-state index contributed by atoms with van der Waals surface area (Å²) in [5.41, 5.74) is 1.47. The Kier molecular flexibility index (Phi) is 3.09. The van der Waals surface area contributed by atoms with Crippen molar-refractivity contribution in [1.29, 1.82) is 0 Å². The van der Waals surface area contributed by atoms with Gasteiger partial charge in [-0.05, 0) is 5.56 Å². The molecule has 3 nitrogen and oxygen atoms in total. The highest BCUT2D eigenvalue weighted by molar-refractivity contribution is 5.89. The Balaban J connectivity index is 2.98. The Bertz CT molecular complexity index is 317. The topological polar surface area (TPSA) is 49.3 Å². The predicted octanol–water partition coefficient (Wildman–Crippen LogP) is 1.33. The lowest BCUT2D eigenvalue weighted by atomic mass is 10.1. The first-order valence-electron chi connectivity index (χ1n) is 3.92. The van der Waals surface area contributed by atoms with Gasteiger partial charge in [0.1, 0.15) is 0 Å². The van der Waals surface area contributed by atoms with Crippen molar-refractivity contribution in [2.45, 2.75) is 0 Å². The molecule has 0 aliphatic carbocycles. The maximum absolute atomic E-state index is 10.4. The summed E-state index contributed by atoms with van der Waals surface area (Å²) in [7, 11) is 1.70. The second kappa shape index (κ2) is 4.30. The summed E-state index contributed by atoms with van der Waals surface area (Å²) < 4.78 is 0. The molecular formula is C10H11NO2. The molecular weight excluding hydrogens is 166 g/mol. The van der Waals surface area contributed by atoms with Crippen molar-refractivity contribution in [1.82, 2.24) is 5.32 Å². The fourth-order valence-corrected chi connectivity index (χ4v) is 1.04. The molecule has 0 saturated carbocycles. The Morgan fingerprint density at radius 2 is 2.00 bits per heavy atom. The summed E-state index contributed by atoms with van der Waals surface area (Å²) in [6, 6.07) is 9.32. The van der Waals surface area contributed by atoms with Crippen molar-refractivity contribution >= 4 is 11.7 Å². The van der Waals surface area contributed by atoms with E-state index < -0.39 is 5.97 Å². The lowest BCUT2D eigenvalue weighted by Crippen LogP contribution is -2.06. The fraction of sp³-hybridized carbons (Fsp3) is 0.100. The van der Waals surface area contributed by atoms with E-state index in [1.165, 1.54) is 0 Å². The van der Waals surface area contributed by atoms with Crippen LogP contribution >= 0.6 is 0 Å². The van der Waals surface area contributed by atoms with E-state index in [0.717, 1.165) is 11.6 Å². The van der Waals surface area contributed by atoms with Crippen molar-refractivity contribution in [3.05, 3.63) is 42.0 Å². The third-order valence-electron chi connectivity index (χ3n) is 1.62. The number of nitrogens with one attached hydrogen (secondary N) is 1. The molecule has 1 rings (SSSR count). The lowest BCUT2D eigenvalue weighted by molar-refractivity contribution is -0.131. The highest BCUT2D eigenvalue weighted by Crippen LogP contribution is 2.09. The average Bonchev–Trinajstić information content (AvgIpc) is 2.15. The zero-order valence-corrected chi connectivity index (χ0v) is 7.32. The van der Waals surface area contributed by atoms with Crippen LogP contribution in [-0.2, 0) is 4.79 Å². The van der Waals surface area contributed by atoms with Crippen LogP contribution in [0.15, 0.2) is 36.4 Å². The quantitative estimate of drug-likeness (QED) is 0.685. The minimum atomic E-state index is -0.951. The van der Waals surface area contributed by atoms with Gasteiger partial charge in [-0.25, -0.2) is 4.79 Å². The monoisotopic (exact) mass is 177 g/mol. The van der Waals surface area contributed by atoms with E-state index in [-0.39, 0.29) is 0 Å². The van der Waals surface area contributed by atoms with Gasteiger partial charge in [-0.1, -0.05) is 30.3 Å². The van der Waals surface area contributed by atoms with Crippen LogP contribution in [0.1, 0.15) is 5.56 Å². The zero-order chi connectivity index (χ0) is 9.68. The highest BCUT2D eigenvalue weighted by atomic mass is 16.4. The van der Waals surface area contributed by atoms with E-state index >= 15 is 0 Å². The van der Waals surface area contributed by atoms with Gasteiger partial charge in [-0.2, -0.15) is 0 Å². The van der Waals surface area contributed by atoms with Crippen LogP contribution < -0.4 is 5.32 Å². The maximum Gasteiger partial charge on any atom is 0.330 e. The summed E-state index contributed by atoms with van der Waals surface area (Å²) in [6.45, 7) is 0. The second-order valence-corrected chi connectivity index (χ2v) is 2.51. The van der Waals surface area contributed by atoms with Crippen molar-refractivity contribution in [3.8, 4) is 0 Å². The van der Waals surface area contributed by atoms with Crippen LogP contribution in [0.3, 0.4) is 0 Å². The van der Waals surface area contributed by atoms with E-state index in [1.54, 1.807) is 7.05 Å². The molecule has 0 aliphatic heterocycles. The first kappa shape index (κ1) is 9.32. The maximum atomic E-state index is 10.4. The molecule has 13 heavy (non-hydrogen) atoms. The van der Waals surface area contributed by atoms with Crippen LogP contribution in [0, 0.1) is 0 Å². The van der Waals surface area contributed by atoms with Crippen molar-refractivity contribution in [2.75, 3.05) is 7.05 Å². The third kappa shape index (κ3) is 2.63. The van der Waals surface area contributed by atoms with Crippen molar-refractivity contribution in [3.63, 3.8) is 0 Å². The number of hydrogen-bond donors (Lipinski definition) is 2. The number of carbonyl (C=O) groups is 1. The molecule has 2 N–H and O–H groups in total. The molecule has 68 valence electrons. The van der Waals surface area contributed by atoms with Gasteiger partial charge < -0.3 is 10.4 Å². The highest BCUT2D eigenvalue weighted by Gasteiger charge is 1.99. The molecule has 0 aliphatic rings. The van der Waals surface area contributed by atoms with Gasteiger partial charge in [0.05, 0.1) is 0 Å². The Morgan fingerprint density at radius 3 is 2.46 bits per heavy atom. The Morgan fingerprint density at radius 1 is 1.38 bits per heavy atom. The number of carboxylic acids is 1. The van der Waals surface area contributed by atoms with E-state index in [2.05, 4.69) is 5.32 Å². The molecule has 1 aromatic rings. The number of benzene rings is 1. The number of hydrogen-bond acceptors (Lipinski definition) is 2. The lowest BCUT2D eigenvalue weighted by Gasteiger charge is -2.04. The fourth-order valence-electron chi connectivity index (χ4n) is 1.04. The smallest absolute Gasteiger partial charge is 0.330 e. The van der Waals surface area contributed by atoms with Crippen molar-refractivity contribution in [2.24, 2.45) is 0 Å². The zero-order valence-electron chi connectivity index (χ0n) is 7.32. The summed E-state index contributed by atoms with van der Waals surface area (Å²) in [4.78, 5) is 10.4. The molecule has 3 heteroatoms. The molecule has 0 bridgehead atoms. The minimum absolute atomic E-state index is 0.605. The SMILES string of the molecule is CN/C(=C/C(=O)O)c1ccccc1. The molecule has 0 atom stereocenters. The predicted molar refractivity (Wildman–Crippen MR) is 51.1 cm³/mol. The van der Waals surface area contributed by atoms with Gasteiger partial charge in [0.2, 0.25) is 0 Å². The van der Waals surface area contributed by atoms with Crippen LogP contribution in [0.4, 0.5) is 0 Å². The molecule has 0 fully saturated rings. The van der Waals surface area contributed by atoms with Gasteiger partial charge in [0.15, 0.2) is 0 Å². The van der Waals surface area contributed by atoms with Crippen LogP contribution in [0.25, 0.3) is 5.70 Å². The Labute approximate surface area is 76.7 Å². The van der Waals surface area contributed by atoms with Gasteiger partial charge >= 0.3 is 5.97 Å². The van der Waals surface area contributed by atoms with Gasteiger partial charge in [-0.3, -0.25) is 0 Å². The molecule has 0 aromatic heterocycles. The van der Waals surface area contributed by atoms with Crippen LogP contribution in [0.5, 0.6) is 0 Å². The van der Waals surface area contributed by atoms with E-state index in [4.69, 9.17) is 5.11 Å². The Hall–Kier alpha value is -1.77. The largest absolute Gasteiger partial charge is 0.478 e. The normalized spacial score (nSPS) is 11.0. The standard InChI is InChI=1S/C10H11NO2/c1-11-9(7-10(12)13)8-5-3-2-4-6-8/h2-7,11H,1H3,(H,12,13)/b9-7+. The molecule has 0 saturated heterocycles. The van der Waals surface area contributed by atoms with Gasteiger partial charge in [0, 0.05) is 18.8 Å². The molecule has 0 heterocycles. The number of carboxylic acid groups (broad SMARTS) is 1. The molecule has 0 radical (unpaired) electrons. The van der Waals surface area contributed by atoms with Crippen molar-refractivity contribution < 1.29 is 9.90 Å². The van der Waals surface area contributed by atoms with Crippen LogP contribution in [0.2, 0.25) is 0 Å². The molecule has 0 unspecified atom stereocenters. The second-order valence-electron chi connectivity index (χ2n) is 2.51. The van der Waals surface area contributed by atoms with Gasteiger partial charge in [0.25, 0.3) is 0 Å². The molecule has 0 amide bonds. The molecule has 0 spiro atoms. The minimum Gasteiger partial charge on any atom is -0.478 e. The van der Waals surface area contributed by atoms with E-state index in [0.29, 0.717) is 5.70 Å². The molecule has 1 aromatic carbocycles. The van der Waals surface area contributed by atoms with E-state index in [9.17, 15) is 4.79 Å². The summed E-state index contributed by atoms with van der Waals surface area (Å²) >= 11 is 0.